The smallest absolute Gasteiger partial charge is 0.490 e. The molecule has 2 aromatic carbocycles. The first-order valence-corrected chi connectivity index (χ1v) is 13.7. The number of aliphatic hydroxyl groups excluding tert-OH is 1. The van der Waals surface area contributed by atoms with E-state index in [9.17, 15) is 33.0 Å². The van der Waals surface area contributed by atoms with E-state index in [0.29, 0.717) is 24.7 Å². The van der Waals surface area contributed by atoms with Crippen LogP contribution in [0.4, 0.5) is 13.2 Å². The summed E-state index contributed by atoms with van der Waals surface area (Å²) in [6, 6.07) is 9.30. The molecule has 2 N–H and O–H groups in total. The van der Waals surface area contributed by atoms with Gasteiger partial charge in [-0.1, -0.05) is 11.6 Å². The molecule has 42 heavy (non-hydrogen) atoms. The summed E-state index contributed by atoms with van der Waals surface area (Å²) >= 11 is 6.12. The molecule has 3 aliphatic heterocycles. The number of amides is 1. The molecule has 0 aliphatic carbocycles. The van der Waals surface area contributed by atoms with Gasteiger partial charge in [0.1, 0.15) is 42.2 Å². The van der Waals surface area contributed by atoms with Crippen molar-refractivity contribution in [2.75, 3.05) is 39.4 Å². The van der Waals surface area contributed by atoms with Crippen molar-refractivity contribution in [3.63, 3.8) is 0 Å². The molecule has 0 radical (unpaired) electrons. The second-order valence-corrected chi connectivity index (χ2v) is 11.5. The number of ether oxygens (including phenoxy) is 3. The first kappa shape index (κ1) is 30.2. The molecule has 2 atom stereocenters. The number of hydroxylamine groups is 2. The molecule has 1 spiro atoms. The summed E-state index contributed by atoms with van der Waals surface area (Å²) in [7, 11) is 0. The van der Waals surface area contributed by atoms with Crippen LogP contribution in [0.15, 0.2) is 36.4 Å². The van der Waals surface area contributed by atoms with E-state index in [2.05, 4.69) is 9.64 Å². The Morgan fingerprint density at radius 1 is 1.17 bits per heavy atom. The first-order valence-electron chi connectivity index (χ1n) is 13.3. The lowest BCUT2D eigenvalue weighted by molar-refractivity contribution is -0.211. The van der Waals surface area contributed by atoms with Crippen LogP contribution < -0.4 is 9.47 Å². The molecule has 2 saturated heterocycles. The summed E-state index contributed by atoms with van der Waals surface area (Å²) in [5.74, 6) is -2.59. The second-order valence-electron chi connectivity index (χ2n) is 11.1. The number of carbonyl (C=O) groups is 2. The lowest BCUT2D eigenvalue weighted by Gasteiger charge is -2.39. The molecule has 0 bridgehead atoms. The maximum atomic E-state index is 13.1. The van der Waals surface area contributed by atoms with Gasteiger partial charge in [-0.25, -0.2) is 9.86 Å². The minimum atomic E-state index is -5.19. The molecule has 14 heteroatoms. The summed E-state index contributed by atoms with van der Waals surface area (Å²) in [6.45, 7) is 1.76. The number of β-amino-alcohol motifs (C(OH)–C–C–N with tert-alkyl or cyclic N) is 1. The van der Waals surface area contributed by atoms with Gasteiger partial charge in [-0.15, -0.1) is 0 Å². The number of aromatic hydroxyl groups is 1. The van der Waals surface area contributed by atoms with E-state index in [0.717, 1.165) is 35.6 Å². The van der Waals surface area contributed by atoms with Crippen molar-refractivity contribution >= 4 is 23.5 Å². The van der Waals surface area contributed by atoms with Crippen molar-refractivity contribution in [2.45, 2.75) is 49.7 Å². The summed E-state index contributed by atoms with van der Waals surface area (Å²) < 4.78 is 54.4. The van der Waals surface area contributed by atoms with E-state index in [1.54, 1.807) is 6.07 Å². The monoisotopic (exact) mass is 614 g/mol. The van der Waals surface area contributed by atoms with Gasteiger partial charge in [0.2, 0.25) is 0 Å². The average Bonchev–Trinajstić information content (AvgIpc) is 3.48. The van der Waals surface area contributed by atoms with Crippen molar-refractivity contribution in [2.24, 2.45) is 0 Å². The fourth-order valence-corrected chi connectivity index (χ4v) is 5.58. The second kappa shape index (κ2) is 11.4. The minimum absolute atomic E-state index is 0.0584. The van der Waals surface area contributed by atoms with Crippen LogP contribution in [0.5, 0.6) is 17.2 Å². The standard InChI is InChI=1S/C28H30ClF3N2O8/c1-26(42-25(38)28(30,31)32)15-34(40-16-26)24(37)21-4-3-19(35)11-23(21)39-14-20(36)13-33-8-6-27(7-9-33)12-17-10-18(29)2-5-22(17)41-27/h2-5,10-11,20,35-36H,6-9,12-16H2,1H3/t20-,26-/m0/s1. The minimum Gasteiger partial charge on any atom is -0.508 e. The summed E-state index contributed by atoms with van der Waals surface area (Å²) in [5, 5.41) is 22.1. The number of nitrogens with zero attached hydrogens (tertiary/aromatic N) is 2. The highest BCUT2D eigenvalue weighted by atomic mass is 35.5. The summed E-state index contributed by atoms with van der Waals surface area (Å²) in [6.07, 6.45) is -3.81. The van der Waals surface area contributed by atoms with Gasteiger partial charge in [-0.05, 0) is 42.8 Å². The highest BCUT2D eigenvalue weighted by molar-refractivity contribution is 6.30. The number of phenolic OH excluding ortho intramolecular Hbond substituents is 1. The lowest BCUT2D eigenvalue weighted by atomic mass is 9.87. The van der Waals surface area contributed by atoms with Crippen LogP contribution in [-0.2, 0) is 20.8 Å². The van der Waals surface area contributed by atoms with Gasteiger partial charge in [0.15, 0.2) is 5.60 Å². The van der Waals surface area contributed by atoms with Crippen molar-refractivity contribution in [3.05, 3.63) is 52.5 Å². The predicted octanol–water partition coefficient (Wildman–Crippen LogP) is 3.51. The number of hydrogen-bond acceptors (Lipinski definition) is 9. The molecule has 2 fully saturated rings. The number of rotatable bonds is 7. The summed E-state index contributed by atoms with van der Waals surface area (Å²) in [5.41, 5.74) is -0.986. The van der Waals surface area contributed by atoms with Crippen molar-refractivity contribution < 1.29 is 52.0 Å². The number of carbonyl (C=O) groups excluding carboxylic acids is 2. The Morgan fingerprint density at radius 3 is 2.62 bits per heavy atom. The number of halogens is 4. The summed E-state index contributed by atoms with van der Waals surface area (Å²) in [4.78, 5) is 31.7. The first-order chi connectivity index (χ1) is 19.7. The number of benzene rings is 2. The number of phenols is 1. The molecule has 0 aromatic heterocycles. The number of piperidine rings is 1. The van der Waals surface area contributed by atoms with Crippen LogP contribution >= 0.6 is 11.6 Å². The van der Waals surface area contributed by atoms with Gasteiger partial charge in [-0.3, -0.25) is 9.63 Å². The quantitative estimate of drug-likeness (QED) is 0.452. The maximum Gasteiger partial charge on any atom is 0.490 e. The van der Waals surface area contributed by atoms with E-state index in [-0.39, 0.29) is 29.3 Å². The van der Waals surface area contributed by atoms with E-state index >= 15 is 0 Å². The molecule has 228 valence electrons. The highest BCUT2D eigenvalue weighted by Gasteiger charge is 2.49. The lowest BCUT2D eigenvalue weighted by Crippen LogP contribution is -2.49. The molecule has 2 aromatic rings. The van der Waals surface area contributed by atoms with Crippen LogP contribution in [0, 0.1) is 0 Å². The Labute approximate surface area is 244 Å². The number of esters is 1. The van der Waals surface area contributed by atoms with Crippen LogP contribution in [0.25, 0.3) is 0 Å². The molecule has 10 nitrogen and oxygen atoms in total. The molecule has 5 rings (SSSR count). The SMILES string of the molecule is C[C@@]1(OC(=O)C(F)(F)F)CON(C(=O)c2ccc(O)cc2OC[C@@H](O)CN2CCC3(CC2)Cc2cc(Cl)ccc2O3)C1. The third-order valence-electron chi connectivity index (χ3n) is 7.53. The molecular formula is C28H30ClF3N2O8. The van der Waals surface area contributed by atoms with Gasteiger partial charge >= 0.3 is 12.1 Å². The van der Waals surface area contributed by atoms with Gasteiger partial charge < -0.3 is 29.3 Å². The average molecular weight is 615 g/mol. The normalized spacial score (nSPS) is 22.5. The molecular weight excluding hydrogens is 585 g/mol. The number of aliphatic hydroxyl groups is 1. The van der Waals surface area contributed by atoms with Gasteiger partial charge in [0.25, 0.3) is 5.91 Å². The number of hydrogen-bond donors (Lipinski definition) is 2. The maximum absolute atomic E-state index is 13.1. The zero-order valence-corrected chi connectivity index (χ0v) is 23.4. The topological polar surface area (TPSA) is 118 Å². The van der Waals surface area contributed by atoms with Crippen LogP contribution in [0.2, 0.25) is 5.02 Å². The third-order valence-corrected chi connectivity index (χ3v) is 7.76. The number of fused-ring (bicyclic) bond motifs is 1. The van der Waals surface area contributed by atoms with E-state index in [4.69, 9.17) is 25.9 Å². The largest absolute Gasteiger partial charge is 0.508 e. The molecule has 3 heterocycles. The Hall–Kier alpha value is -3.26. The van der Waals surface area contributed by atoms with Crippen LogP contribution in [-0.4, -0.2) is 94.9 Å². The van der Waals surface area contributed by atoms with E-state index in [1.165, 1.54) is 25.1 Å². The van der Waals surface area contributed by atoms with Crippen molar-refractivity contribution in [1.29, 1.82) is 0 Å². The number of likely N-dealkylation sites (tertiary alicyclic amines) is 1. The number of alkyl halides is 3. The highest BCUT2D eigenvalue weighted by Crippen LogP contribution is 2.42. The van der Waals surface area contributed by atoms with Crippen molar-refractivity contribution in [3.8, 4) is 17.2 Å². The fraction of sp³-hybridized carbons (Fsp3) is 0.500. The van der Waals surface area contributed by atoms with Gasteiger partial charge in [-0.2, -0.15) is 13.2 Å². The van der Waals surface area contributed by atoms with Crippen molar-refractivity contribution in [1.82, 2.24) is 9.96 Å². The molecule has 1 amide bonds. The Morgan fingerprint density at radius 2 is 1.90 bits per heavy atom. The fourth-order valence-electron chi connectivity index (χ4n) is 5.39. The Balaban J connectivity index is 1.14. The predicted molar refractivity (Wildman–Crippen MR) is 141 cm³/mol. The third kappa shape index (κ3) is 6.69. The zero-order valence-electron chi connectivity index (χ0n) is 22.7. The van der Waals surface area contributed by atoms with Crippen LogP contribution in [0.1, 0.15) is 35.7 Å². The van der Waals surface area contributed by atoms with E-state index in [1.807, 2.05) is 12.1 Å². The zero-order chi connectivity index (χ0) is 30.3. The van der Waals surface area contributed by atoms with E-state index < -0.39 is 42.9 Å². The van der Waals surface area contributed by atoms with Gasteiger partial charge in [0, 0.05) is 50.0 Å². The molecule has 3 aliphatic rings. The Bertz CT molecular complexity index is 1350. The van der Waals surface area contributed by atoms with Crippen LogP contribution in [0.3, 0.4) is 0 Å². The molecule has 0 saturated carbocycles. The van der Waals surface area contributed by atoms with Gasteiger partial charge in [0.05, 0.1) is 12.1 Å². The Kier molecular flexibility index (Phi) is 8.23. The molecule has 0 unspecified atom stereocenters.